The van der Waals surface area contributed by atoms with Crippen molar-refractivity contribution in [1.82, 2.24) is 15.0 Å². The standard InChI is InChI=1S/C24H27N5O3/c1-4-20(17-10-12-19(13-11-17)32-18-8-6-5-7-9-18)27-22-25-15-26-23(28-22)29-21(16(2)3)14-31-24(29)30/h5-13,15-16,20-21H,4,14H2,1-3H3,(H,25,26,27,28)/t20-,21?/m1/s1. The largest absolute Gasteiger partial charge is 0.457 e. The van der Waals surface area contributed by atoms with Crippen LogP contribution in [-0.4, -0.2) is 33.7 Å². The van der Waals surface area contributed by atoms with Crippen LogP contribution in [0.1, 0.15) is 38.8 Å². The van der Waals surface area contributed by atoms with Crippen LogP contribution < -0.4 is 15.0 Å². The molecule has 8 heteroatoms. The Labute approximate surface area is 187 Å². The van der Waals surface area contributed by atoms with E-state index in [0.717, 1.165) is 23.5 Å². The lowest BCUT2D eigenvalue weighted by Gasteiger charge is -2.23. The average Bonchev–Trinajstić information content (AvgIpc) is 3.21. The van der Waals surface area contributed by atoms with Gasteiger partial charge in [0.25, 0.3) is 0 Å². The first kappa shape index (κ1) is 21.5. The number of carbonyl (C=O) groups is 1. The summed E-state index contributed by atoms with van der Waals surface area (Å²) >= 11 is 0. The van der Waals surface area contributed by atoms with E-state index in [2.05, 4.69) is 27.2 Å². The van der Waals surface area contributed by atoms with Crippen LogP contribution in [0.15, 0.2) is 60.9 Å². The molecule has 3 aromatic rings. The molecule has 0 bridgehead atoms. The molecule has 0 aliphatic carbocycles. The van der Waals surface area contributed by atoms with Crippen molar-refractivity contribution < 1.29 is 14.3 Å². The Morgan fingerprint density at radius 1 is 1.09 bits per heavy atom. The maximum atomic E-state index is 12.2. The van der Waals surface area contributed by atoms with Gasteiger partial charge in [-0.1, -0.05) is 51.1 Å². The van der Waals surface area contributed by atoms with E-state index in [4.69, 9.17) is 9.47 Å². The summed E-state index contributed by atoms with van der Waals surface area (Å²) in [7, 11) is 0. The van der Waals surface area contributed by atoms with Crippen molar-refractivity contribution >= 4 is 18.0 Å². The van der Waals surface area contributed by atoms with Gasteiger partial charge in [-0.25, -0.2) is 19.7 Å². The number of hydrogen-bond acceptors (Lipinski definition) is 7. The third-order valence-electron chi connectivity index (χ3n) is 5.42. The molecule has 1 aromatic heterocycles. The Morgan fingerprint density at radius 2 is 1.81 bits per heavy atom. The van der Waals surface area contributed by atoms with Gasteiger partial charge in [-0.2, -0.15) is 4.98 Å². The van der Waals surface area contributed by atoms with Gasteiger partial charge in [0.2, 0.25) is 11.9 Å². The van der Waals surface area contributed by atoms with Gasteiger partial charge in [-0.15, -0.1) is 0 Å². The van der Waals surface area contributed by atoms with Crippen LogP contribution in [0.4, 0.5) is 16.7 Å². The zero-order chi connectivity index (χ0) is 22.5. The second kappa shape index (κ2) is 9.64. The van der Waals surface area contributed by atoms with E-state index in [0.29, 0.717) is 18.5 Å². The number of amides is 1. The van der Waals surface area contributed by atoms with Crippen molar-refractivity contribution in [1.29, 1.82) is 0 Å². The number of aromatic nitrogens is 3. The minimum absolute atomic E-state index is 0.0116. The van der Waals surface area contributed by atoms with Gasteiger partial charge in [0.15, 0.2) is 0 Å². The quantitative estimate of drug-likeness (QED) is 0.522. The molecular formula is C24H27N5O3. The number of cyclic esters (lactones) is 1. The number of nitrogens with one attached hydrogen (secondary N) is 1. The average molecular weight is 434 g/mol. The lowest BCUT2D eigenvalue weighted by Crippen LogP contribution is -2.38. The highest BCUT2D eigenvalue weighted by molar-refractivity contribution is 5.88. The number of nitrogens with zero attached hydrogens (tertiary/aromatic N) is 4. The fourth-order valence-electron chi connectivity index (χ4n) is 3.60. The van der Waals surface area contributed by atoms with Crippen LogP contribution in [0, 0.1) is 5.92 Å². The molecule has 2 atom stereocenters. The highest BCUT2D eigenvalue weighted by Gasteiger charge is 2.38. The first-order chi connectivity index (χ1) is 15.5. The molecule has 1 amide bonds. The fraction of sp³-hybridized carbons (Fsp3) is 0.333. The van der Waals surface area contributed by atoms with E-state index in [1.54, 1.807) is 0 Å². The summed E-state index contributed by atoms with van der Waals surface area (Å²) in [6, 6.07) is 17.5. The van der Waals surface area contributed by atoms with E-state index in [1.165, 1.54) is 11.2 Å². The molecule has 1 fully saturated rings. The summed E-state index contributed by atoms with van der Waals surface area (Å²) in [4.78, 5) is 26.7. The topological polar surface area (TPSA) is 89.5 Å². The van der Waals surface area contributed by atoms with Crippen LogP contribution in [0.2, 0.25) is 0 Å². The van der Waals surface area contributed by atoms with Gasteiger partial charge in [-0.05, 0) is 42.2 Å². The molecule has 1 N–H and O–H groups in total. The molecule has 8 nitrogen and oxygen atoms in total. The Kier molecular flexibility index (Phi) is 6.49. The molecule has 0 spiro atoms. The molecule has 2 aromatic carbocycles. The molecule has 1 aliphatic rings. The van der Waals surface area contributed by atoms with Crippen LogP contribution >= 0.6 is 0 Å². The number of rotatable bonds is 8. The number of hydrogen-bond donors (Lipinski definition) is 1. The van der Waals surface area contributed by atoms with Crippen molar-refractivity contribution in [2.45, 2.75) is 39.3 Å². The number of para-hydroxylation sites is 1. The Balaban J connectivity index is 1.48. The molecule has 1 saturated heterocycles. The highest BCUT2D eigenvalue weighted by Crippen LogP contribution is 2.28. The summed E-state index contributed by atoms with van der Waals surface area (Å²) in [5.41, 5.74) is 1.08. The third kappa shape index (κ3) is 4.80. The normalized spacial score (nSPS) is 16.7. The molecular weight excluding hydrogens is 406 g/mol. The van der Waals surface area contributed by atoms with Crippen molar-refractivity contribution in [3.63, 3.8) is 0 Å². The lowest BCUT2D eigenvalue weighted by molar-refractivity contribution is 0.177. The zero-order valence-corrected chi connectivity index (χ0v) is 18.4. The van der Waals surface area contributed by atoms with Crippen molar-refractivity contribution in [3.8, 4) is 11.5 Å². The lowest BCUT2D eigenvalue weighted by atomic mass is 10.0. The first-order valence-corrected chi connectivity index (χ1v) is 10.8. The van der Waals surface area contributed by atoms with E-state index < -0.39 is 6.09 Å². The Morgan fingerprint density at radius 3 is 2.50 bits per heavy atom. The number of carbonyl (C=O) groups excluding carboxylic acids is 1. The summed E-state index contributed by atoms with van der Waals surface area (Å²) in [6.45, 7) is 6.50. The van der Waals surface area contributed by atoms with E-state index in [1.807, 2.05) is 68.4 Å². The SMILES string of the molecule is CC[C@@H](Nc1ncnc(N2C(=O)OCC2C(C)C)n1)c1ccc(Oc2ccccc2)cc1. The minimum Gasteiger partial charge on any atom is -0.457 e. The smallest absolute Gasteiger partial charge is 0.417 e. The molecule has 1 aliphatic heterocycles. The number of ether oxygens (including phenoxy) is 2. The molecule has 1 unspecified atom stereocenters. The molecule has 166 valence electrons. The molecule has 4 rings (SSSR count). The number of benzene rings is 2. The second-order valence-corrected chi connectivity index (χ2v) is 7.96. The van der Waals surface area contributed by atoms with Crippen LogP contribution in [0.3, 0.4) is 0 Å². The predicted octanol–water partition coefficient (Wildman–Crippen LogP) is 5.21. The molecule has 0 saturated carbocycles. The summed E-state index contributed by atoms with van der Waals surface area (Å²) in [6.07, 6.45) is 1.80. The third-order valence-corrected chi connectivity index (χ3v) is 5.42. The Bertz CT molecular complexity index is 1040. The summed E-state index contributed by atoms with van der Waals surface area (Å²) in [5, 5.41) is 3.36. The van der Waals surface area contributed by atoms with Crippen molar-refractivity contribution in [2.24, 2.45) is 5.92 Å². The van der Waals surface area contributed by atoms with Crippen molar-refractivity contribution in [2.75, 3.05) is 16.8 Å². The van der Waals surface area contributed by atoms with Crippen molar-refractivity contribution in [3.05, 3.63) is 66.5 Å². The maximum Gasteiger partial charge on any atom is 0.417 e. The van der Waals surface area contributed by atoms with E-state index >= 15 is 0 Å². The fourth-order valence-corrected chi connectivity index (χ4v) is 3.60. The van der Waals surface area contributed by atoms with Crippen LogP contribution in [0.25, 0.3) is 0 Å². The van der Waals surface area contributed by atoms with Gasteiger partial charge in [0.05, 0.1) is 12.1 Å². The van der Waals surface area contributed by atoms with Crippen LogP contribution in [-0.2, 0) is 4.74 Å². The van der Waals surface area contributed by atoms with Gasteiger partial charge in [-0.3, -0.25) is 0 Å². The zero-order valence-electron chi connectivity index (χ0n) is 18.4. The van der Waals surface area contributed by atoms with Gasteiger partial charge >= 0.3 is 6.09 Å². The highest BCUT2D eigenvalue weighted by atomic mass is 16.6. The molecule has 2 heterocycles. The predicted molar refractivity (Wildman–Crippen MR) is 122 cm³/mol. The Hall–Kier alpha value is -3.68. The monoisotopic (exact) mass is 433 g/mol. The second-order valence-electron chi connectivity index (χ2n) is 7.96. The summed E-state index contributed by atoms with van der Waals surface area (Å²) < 4.78 is 11.1. The van der Waals surface area contributed by atoms with Gasteiger partial charge in [0.1, 0.15) is 24.4 Å². The van der Waals surface area contributed by atoms with Crippen LogP contribution in [0.5, 0.6) is 11.5 Å². The van der Waals surface area contributed by atoms with E-state index in [9.17, 15) is 4.79 Å². The molecule has 0 radical (unpaired) electrons. The summed E-state index contributed by atoms with van der Waals surface area (Å²) in [5.74, 6) is 2.49. The maximum absolute atomic E-state index is 12.2. The van der Waals surface area contributed by atoms with Gasteiger partial charge in [0, 0.05) is 0 Å². The van der Waals surface area contributed by atoms with E-state index in [-0.39, 0.29) is 18.0 Å². The first-order valence-electron chi connectivity index (χ1n) is 10.8. The number of anilines is 2. The van der Waals surface area contributed by atoms with Gasteiger partial charge < -0.3 is 14.8 Å². The minimum atomic E-state index is -0.429. The molecule has 32 heavy (non-hydrogen) atoms.